The van der Waals surface area contributed by atoms with Crippen molar-refractivity contribution in [1.29, 1.82) is 0 Å². The summed E-state index contributed by atoms with van der Waals surface area (Å²) in [5.41, 5.74) is 2.10. The molecule has 5 rings (SSSR count). The van der Waals surface area contributed by atoms with Gasteiger partial charge in [0.05, 0.1) is 31.1 Å². The lowest BCUT2D eigenvalue weighted by Crippen LogP contribution is -2.52. The Labute approximate surface area is 189 Å². The molecular weight excluding hydrogens is 428 g/mol. The topological polar surface area (TPSA) is 127 Å². The van der Waals surface area contributed by atoms with E-state index in [0.29, 0.717) is 37.4 Å². The highest BCUT2D eigenvalue weighted by Crippen LogP contribution is 2.29. The molecule has 11 heteroatoms. The number of amides is 4. The minimum atomic E-state index is -0.672. The third-order valence-electron chi connectivity index (χ3n) is 6.13. The standard InChI is InChI=1S/C22H22N6O5/c1-2-15-11-26(7-8-33-15)22(32)17-12-28(25-24-17)14-3-4-16-13(9-14)10-27(21(16)31)18-5-6-19(29)23-20(18)30/h2-4,9,12,15,18H,1,5-8,10-11H2,(H,23,29,30). The van der Waals surface area contributed by atoms with Crippen molar-refractivity contribution in [3.63, 3.8) is 0 Å². The lowest BCUT2D eigenvalue weighted by atomic mass is 10.0. The second kappa shape index (κ2) is 8.24. The van der Waals surface area contributed by atoms with Gasteiger partial charge in [0.1, 0.15) is 6.04 Å². The highest BCUT2D eigenvalue weighted by molar-refractivity contribution is 6.05. The van der Waals surface area contributed by atoms with Crippen LogP contribution in [0.15, 0.2) is 37.1 Å². The van der Waals surface area contributed by atoms with Crippen molar-refractivity contribution in [2.75, 3.05) is 19.7 Å². The van der Waals surface area contributed by atoms with E-state index in [0.717, 1.165) is 5.56 Å². The number of ether oxygens (including phenoxy) is 1. The molecule has 1 aromatic carbocycles. The van der Waals surface area contributed by atoms with E-state index in [2.05, 4.69) is 22.2 Å². The summed E-state index contributed by atoms with van der Waals surface area (Å²) in [5, 5.41) is 10.4. The molecule has 33 heavy (non-hydrogen) atoms. The van der Waals surface area contributed by atoms with Crippen LogP contribution >= 0.6 is 0 Å². The first-order chi connectivity index (χ1) is 15.9. The predicted molar refractivity (Wildman–Crippen MR) is 113 cm³/mol. The number of piperidine rings is 1. The molecule has 0 spiro atoms. The molecule has 1 aromatic heterocycles. The lowest BCUT2D eigenvalue weighted by Gasteiger charge is -2.30. The van der Waals surface area contributed by atoms with Crippen molar-refractivity contribution in [3.05, 3.63) is 53.9 Å². The monoisotopic (exact) mass is 450 g/mol. The number of morpholine rings is 1. The summed E-state index contributed by atoms with van der Waals surface area (Å²) in [7, 11) is 0. The van der Waals surface area contributed by atoms with Gasteiger partial charge in [0.25, 0.3) is 11.8 Å². The van der Waals surface area contributed by atoms with Gasteiger partial charge in [-0.05, 0) is 30.2 Å². The largest absolute Gasteiger partial charge is 0.370 e. The highest BCUT2D eigenvalue weighted by atomic mass is 16.5. The lowest BCUT2D eigenvalue weighted by molar-refractivity contribution is -0.136. The van der Waals surface area contributed by atoms with Crippen LogP contribution < -0.4 is 5.32 Å². The average Bonchev–Trinajstić information content (AvgIpc) is 3.44. The third kappa shape index (κ3) is 3.80. The molecule has 170 valence electrons. The zero-order chi connectivity index (χ0) is 23.1. The number of carbonyl (C=O) groups excluding carboxylic acids is 4. The number of nitrogens with zero attached hydrogens (tertiary/aromatic N) is 5. The molecule has 0 aliphatic carbocycles. The smallest absolute Gasteiger partial charge is 0.276 e. The van der Waals surface area contributed by atoms with E-state index in [1.165, 1.54) is 9.58 Å². The molecule has 2 saturated heterocycles. The van der Waals surface area contributed by atoms with Gasteiger partial charge in [0.15, 0.2) is 5.69 Å². The average molecular weight is 450 g/mol. The zero-order valence-electron chi connectivity index (χ0n) is 17.8. The Bertz CT molecular complexity index is 1170. The maximum Gasteiger partial charge on any atom is 0.276 e. The molecule has 11 nitrogen and oxygen atoms in total. The quantitative estimate of drug-likeness (QED) is 0.515. The van der Waals surface area contributed by atoms with E-state index < -0.39 is 11.9 Å². The van der Waals surface area contributed by atoms with Gasteiger partial charge in [0, 0.05) is 25.1 Å². The number of nitrogens with one attached hydrogen (secondary N) is 1. The maximum atomic E-state index is 12.8. The summed E-state index contributed by atoms with van der Waals surface area (Å²) in [6, 6.07) is 4.52. The van der Waals surface area contributed by atoms with Gasteiger partial charge in [-0.1, -0.05) is 11.3 Å². The predicted octanol–water partition coefficient (Wildman–Crippen LogP) is 0.0553. The SMILES string of the molecule is C=CC1CN(C(=O)c2cn(-c3ccc4c(c3)CN(C3CCC(=O)NC3=O)C4=O)nn2)CCO1. The zero-order valence-corrected chi connectivity index (χ0v) is 17.8. The number of hydrogen-bond acceptors (Lipinski definition) is 7. The number of rotatable bonds is 4. The van der Waals surface area contributed by atoms with E-state index in [9.17, 15) is 19.2 Å². The van der Waals surface area contributed by atoms with Crippen molar-refractivity contribution in [3.8, 4) is 5.69 Å². The molecule has 3 aliphatic heterocycles. The van der Waals surface area contributed by atoms with Crippen LogP contribution in [0.2, 0.25) is 0 Å². The Kier molecular flexibility index (Phi) is 5.25. The number of benzene rings is 1. The Hall–Kier alpha value is -3.86. The first-order valence-electron chi connectivity index (χ1n) is 10.7. The van der Waals surface area contributed by atoms with Crippen molar-refractivity contribution >= 4 is 23.6 Å². The van der Waals surface area contributed by atoms with Crippen molar-refractivity contribution < 1.29 is 23.9 Å². The number of hydrogen-bond donors (Lipinski definition) is 1. The number of carbonyl (C=O) groups is 4. The summed E-state index contributed by atoms with van der Waals surface area (Å²) < 4.78 is 6.99. The number of aromatic nitrogens is 3. The van der Waals surface area contributed by atoms with Crippen LogP contribution in [-0.2, 0) is 20.9 Å². The normalized spacial score (nSPS) is 22.8. The molecule has 0 radical (unpaired) electrons. The van der Waals surface area contributed by atoms with Crippen molar-refractivity contribution in [2.24, 2.45) is 0 Å². The minimum absolute atomic E-state index is 0.203. The van der Waals surface area contributed by atoms with Crippen LogP contribution in [-0.4, -0.2) is 80.3 Å². The number of imide groups is 1. The van der Waals surface area contributed by atoms with Crippen molar-refractivity contribution in [2.45, 2.75) is 31.5 Å². The van der Waals surface area contributed by atoms with Gasteiger partial charge in [0.2, 0.25) is 11.8 Å². The molecular formula is C22H22N6O5. The number of fused-ring (bicyclic) bond motifs is 1. The van der Waals surface area contributed by atoms with Gasteiger partial charge >= 0.3 is 0 Å². The van der Waals surface area contributed by atoms with Crippen LogP contribution in [0.3, 0.4) is 0 Å². The Morgan fingerprint density at radius 2 is 2.12 bits per heavy atom. The summed E-state index contributed by atoms with van der Waals surface area (Å²) in [4.78, 5) is 52.5. The summed E-state index contributed by atoms with van der Waals surface area (Å²) >= 11 is 0. The molecule has 2 fully saturated rings. The molecule has 1 N–H and O–H groups in total. The maximum absolute atomic E-state index is 12.8. The van der Waals surface area contributed by atoms with E-state index >= 15 is 0 Å². The fourth-order valence-corrected chi connectivity index (χ4v) is 4.36. The Morgan fingerprint density at radius 1 is 1.27 bits per heavy atom. The van der Waals surface area contributed by atoms with E-state index in [4.69, 9.17) is 4.74 Å². The molecule has 4 amide bonds. The molecule has 4 heterocycles. The second-order valence-corrected chi connectivity index (χ2v) is 8.19. The Morgan fingerprint density at radius 3 is 2.91 bits per heavy atom. The van der Waals surface area contributed by atoms with Crippen LogP contribution in [0.4, 0.5) is 0 Å². The Balaban J connectivity index is 1.33. The van der Waals surface area contributed by atoms with E-state index in [-0.39, 0.29) is 42.5 Å². The fourth-order valence-electron chi connectivity index (χ4n) is 4.36. The van der Waals surface area contributed by atoms with Gasteiger partial charge in [-0.3, -0.25) is 24.5 Å². The molecule has 2 aromatic rings. The molecule has 3 aliphatic rings. The summed E-state index contributed by atoms with van der Waals surface area (Å²) in [6.07, 6.45) is 3.52. The van der Waals surface area contributed by atoms with Gasteiger partial charge < -0.3 is 14.5 Å². The van der Waals surface area contributed by atoms with Gasteiger partial charge in [-0.15, -0.1) is 11.7 Å². The van der Waals surface area contributed by atoms with Crippen molar-refractivity contribution in [1.82, 2.24) is 30.1 Å². The molecule has 2 unspecified atom stereocenters. The van der Waals surface area contributed by atoms with E-state index in [1.807, 2.05) is 0 Å². The van der Waals surface area contributed by atoms with Crippen LogP contribution in [0.1, 0.15) is 39.3 Å². The first kappa shape index (κ1) is 21.0. The third-order valence-corrected chi connectivity index (χ3v) is 6.13. The molecule has 2 atom stereocenters. The summed E-state index contributed by atoms with van der Waals surface area (Å²) in [6.45, 7) is 5.27. The fraction of sp³-hybridized carbons (Fsp3) is 0.364. The summed E-state index contributed by atoms with van der Waals surface area (Å²) in [5.74, 6) is -1.26. The molecule has 0 saturated carbocycles. The minimum Gasteiger partial charge on any atom is -0.370 e. The van der Waals surface area contributed by atoms with Crippen LogP contribution in [0.25, 0.3) is 5.69 Å². The van der Waals surface area contributed by atoms with Crippen LogP contribution in [0, 0.1) is 0 Å². The van der Waals surface area contributed by atoms with E-state index in [1.54, 1.807) is 35.4 Å². The molecule has 0 bridgehead atoms. The van der Waals surface area contributed by atoms with Crippen LogP contribution in [0.5, 0.6) is 0 Å². The van der Waals surface area contributed by atoms with Gasteiger partial charge in [-0.25, -0.2) is 4.68 Å². The second-order valence-electron chi connectivity index (χ2n) is 8.19. The van der Waals surface area contributed by atoms with Gasteiger partial charge in [-0.2, -0.15) is 0 Å². The highest BCUT2D eigenvalue weighted by Gasteiger charge is 2.39. The first-order valence-corrected chi connectivity index (χ1v) is 10.7.